The summed E-state index contributed by atoms with van der Waals surface area (Å²) in [5.74, 6) is -3.02. The van der Waals surface area contributed by atoms with Gasteiger partial charge in [-0.1, -0.05) is 0 Å². The Hall–Kier alpha value is -1.65. The van der Waals surface area contributed by atoms with Gasteiger partial charge in [0.05, 0.1) is 0 Å². The van der Waals surface area contributed by atoms with Gasteiger partial charge in [0, 0.05) is 6.08 Å². The van der Waals surface area contributed by atoms with Gasteiger partial charge in [-0.05, 0) is 0 Å². The highest BCUT2D eigenvalue weighted by atomic mass is 16.4. The average Bonchev–Trinajstić information content (AvgIpc) is 2.13. The van der Waals surface area contributed by atoms with Crippen LogP contribution < -0.4 is 5.32 Å². The molecule has 5 nitrogen and oxygen atoms in total. The number of aliphatic carboxylic acids is 1. The third-order valence-corrected chi connectivity index (χ3v) is 0.978. The summed E-state index contributed by atoms with van der Waals surface area (Å²) < 4.78 is 0. The molecule has 0 bridgehead atoms. The summed E-state index contributed by atoms with van der Waals surface area (Å²) in [4.78, 5) is 30.7. The van der Waals surface area contributed by atoms with Gasteiger partial charge >= 0.3 is 5.97 Å². The smallest absolute Gasteiger partial charge is 0.352 e. The number of amides is 1. The standard InChI is InChI=1S/C5H3NO4/c7-3-1-2(5(9)10)6-4(3)8/h1H,(H,9,10)(H,6,7,8). The van der Waals surface area contributed by atoms with Crippen molar-refractivity contribution in [1.82, 2.24) is 5.32 Å². The summed E-state index contributed by atoms with van der Waals surface area (Å²) >= 11 is 0. The van der Waals surface area contributed by atoms with Crippen molar-refractivity contribution in [2.75, 3.05) is 0 Å². The molecule has 1 amide bonds. The number of ketones is 1. The van der Waals surface area contributed by atoms with Gasteiger partial charge in [-0.15, -0.1) is 0 Å². The molecule has 52 valence electrons. The number of nitrogens with one attached hydrogen (secondary N) is 1. The Morgan fingerprint density at radius 2 is 2.10 bits per heavy atom. The van der Waals surface area contributed by atoms with Crippen LogP contribution in [0.25, 0.3) is 0 Å². The molecule has 0 aromatic rings. The lowest BCUT2D eigenvalue weighted by Gasteiger charge is -1.90. The highest BCUT2D eigenvalue weighted by molar-refractivity contribution is 6.44. The summed E-state index contributed by atoms with van der Waals surface area (Å²) in [5.41, 5.74) is -0.366. The second-order valence-electron chi connectivity index (χ2n) is 1.68. The second kappa shape index (κ2) is 1.94. The van der Waals surface area contributed by atoms with Gasteiger partial charge in [-0.3, -0.25) is 9.59 Å². The molecule has 1 rings (SSSR count). The van der Waals surface area contributed by atoms with Crippen LogP contribution in [0, 0.1) is 0 Å². The third kappa shape index (κ3) is 0.883. The van der Waals surface area contributed by atoms with Gasteiger partial charge in [0.1, 0.15) is 5.70 Å². The molecule has 0 saturated heterocycles. The van der Waals surface area contributed by atoms with E-state index in [0.29, 0.717) is 0 Å². The first-order valence-corrected chi connectivity index (χ1v) is 2.41. The number of carbonyl (C=O) groups excluding carboxylic acids is 2. The van der Waals surface area contributed by atoms with E-state index in [0.717, 1.165) is 6.08 Å². The van der Waals surface area contributed by atoms with Crippen LogP contribution in [0.3, 0.4) is 0 Å². The molecule has 0 unspecified atom stereocenters. The van der Waals surface area contributed by atoms with Crippen LogP contribution >= 0.6 is 0 Å². The average molecular weight is 141 g/mol. The maximum Gasteiger partial charge on any atom is 0.352 e. The van der Waals surface area contributed by atoms with E-state index < -0.39 is 17.7 Å². The molecule has 10 heavy (non-hydrogen) atoms. The number of carbonyl (C=O) groups is 3. The van der Waals surface area contributed by atoms with Crippen molar-refractivity contribution >= 4 is 17.7 Å². The Bertz CT molecular complexity index is 252. The van der Waals surface area contributed by atoms with Crippen LogP contribution in [0.2, 0.25) is 0 Å². The number of carboxylic acid groups (broad SMARTS) is 1. The van der Waals surface area contributed by atoms with Crippen molar-refractivity contribution in [3.8, 4) is 0 Å². The Morgan fingerprint density at radius 3 is 2.30 bits per heavy atom. The molecular weight excluding hydrogens is 138 g/mol. The molecule has 0 aromatic heterocycles. The summed E-state index contributed by atoms with van der Waals surface area (Å²) in [5, 5.41) is 10.1. The largest absolute Gasteiger partial charge is 0.477 e. The van der Waals surface area contributed by atoms with Gasteiger partial charge < -0.3 is 10.4 Å². The van der Waals surface area contributed by atoms with Crippen molar-refractivity contribution in [1.29, 1.82) is 0 Å². The van der Waals surface area contributed by atoms with E-state index in [-0.39, 0.29) is 5.70 Å². The van der Waals surface area contributed by atoms with Gasteiger partial charge in [0.2, 0.25) is 5.78 Å². The fraction of sp³-hybridized carbons (Fsp3) is 0. The lowest BCUT2D eigenvalue weighted by molar-refractivity contribution is -0.135. The van der Waals surface area contributed by atoms with E-state index in [9.17, 15) is 14.4 Å². The van der Waals surface area contributed by atoms with Crippen LogP contribution in [-0.2, 0) is 14.4 Å². The predicted octanol–water partition coefficient (Wildman–Crippen LogP) is -1.35. The molecule has 0 fully saturated rings. The van der Waals surface area contributed by atoms with Crippen LogP contribution in [0.15, 0.2) is 11.8 Å². The number of carboxylic acids is 1. The molecule has 1 aliphatic rings. The monoisotopic (exact) mass is 141 g/mol. The summed E-state index contributed by atoms with van der Waals surface area (Å²) in [6.07, 6.45) is 0.755. The zero-order valence-electron chi connectivity index (χ0n) is 4.75. The molecule has 2 N–H and O–H groups in total. The quantitative estimate of drug-likeness (QED) is 0.442. The second-order valence-corrected chi connectivity index (χ2v) is 1.68. The minimum atomic E-state index is -1.31. The molecule has 0 atom stereocenters. The van der Waals surface area contributed by atoms with Crippen molar-refractivity contribution < 1.29 is 19.5 Å². The fourth-order valence-corrected chi connectivity index (χ4v) is 0.532. The third-order valence-electron chi connectivity index (χ3n) is 0.978. The number of hydrogen-bond donors (Lipinski definition) is 2. The fourth-order valence-electron chi connectivity index (χ4n) is 0.532. The van der Waals surface area contributed by atoms with Gasteiger partial charge in [0.15, 0.2) is 0 Å². The first-order chi connectivity index (χ1) is 4.61. The van der Waals surface area contributed by atoms with E-state index in [1.165, 1.54) is 0 Å². The molecule has 5 heteroatoms. The zero-order chi connectivity index (χ0) is 7.72. The molecule has 0 radical (unpaired) electrons. The van der Waals surface area contributed by atoms with Crippen LogP contribution in [0.1, 0.15) is 0 Å². The van der Waals surface area contributed by atoms with E-state index in [1.54, 1.807) is 0 Å². The molecule has 1 aliphatic heterocycles. The summed E-state index contributed by atoms with van der Waals surface area (Å²) in [7, 11) is 0. The lowest BCUT2D eigenvalue weighted by Crippen LogP contribution is -2.23. The summed E-state index contributed by atoms with van der Waals surface area (Å²) in [6, 6.07) is 0. The minimum absolute atomic E-state index is 0.366. The van der Waals surface area contributed by atoms with Crippen LogP contribution in [-0.4, -0.2) is 22.8 Å². The Balaban J connectivity index is 2.87. The van der Waals surface area contributed by atoms with Crippen LogP contribution in [0.4, 0.5) is 0 Å². The molecule has 1 heterocycles. The Labute approximate surface area is 55.3 Å². The normalized spacial score (nSPS) is 16.6. The lowest BCUT2D eigenvalue weighted by atomic mass is 10.4. The number of hydrogen-bond acceptors (Lipinski definition) is 3. The van der Waals surface area contributed by atoms with E-state index >= 15 is 0 Å². The highest BCUT2D eigenvalue weighted by Gasteiger charge is 2.24. The highest BCUT2D eigenvalue weighted by Crippen LogP contribution is 1.98. The van der Waals surface area contributed by atoms with Crippen LogP contribution in [0.5, 0.6) is 0 Å². The topological polar surface area (TPSA) is 83.5 Å². The van der Waals surface area contributed by atoms with E-state index in [4.69, 9.17) is 5.11 Å². The van der Waals surface area contributed by atoms with Crippen molar-refractivity contribution in [3.63, 3.8) is 0 Å². The first-order valence-electron chi connectivity index (χ1n) is 2.41. The molecule has 0 saturated carbocycles. The van der Waals surface area contributed by atoms with Crippen molar-refractivity contribution in [2.45, 2.75) is 0 Å². The van der Waals surface area contributed by atoms with E-state index in [1.807, 2.05) is 5.32 Å². The van der Waals surface area contributed by atoms with Gasteiger partial charge in [-0.2, -0.15) is 0 Å². The Kier molecular flexibility index (Phi) is 1.26. The molecule has 0 aromatic carbocycles. The maximum absolute atomic E-state index is 10.3. The molecule has 0 spiro atoms. The maximum atomic E-state index is 10.3. The van der Waals surface area contributed by atoms with Crippen molar-refractivity contribution in [2.24, 2.45) is 0 Å². The van der Waals surface area contributed by atoms with Gasteiger partial charge in [-0.25, -0.2) is 4.79 Å². The molecular formula is C5H3NO4. The zero-order valence-corrected chi connectivity index (χ0v) is 4.75. The predicted molar refractivity (Wildman–Crippen MR) is 28.9 cm³/mol. The summed E-state index contributed by atoms with van der Waals surface area (Å²) in [6.45, 7) is 0. The van der Waals surface area contributed by atoms with Crippen molar-refractivity contribution in [3.05, 3.63) is 11.8 Å². The Morgan fingerprint density at radius 1 is 1.50 bits per heavy atom. The minimum Gasteiger partial charge on any atom is -0.477 e. The SMILES string of the molecule is O=C(O)C1=CC(=O)C(=O)N1. The number of rotatable bonds is 1. The van der Waals surface area contributed by atoms with E-state index in [2.05, 4.69) is 0 Å². The molecule has 0 aliphatic carbocycles. The van der Waals surface area contributed by atoms with Gasteiger partial charge in [0.25, 0.3) is 5.91 Å². The first kappa shape index (κ1) is 6.47.